The Morgan fingerprint density at radius 3 is 3.06 bits per heavy atom. The Labute approximate surface area is 109 Å². The molecule has 0 saturated carbocycles. The van der Waals surface area contributed by atoms with Gasteiger partial charge in [-0.15, -0.1) is 0 Å². The molecule has 2 rings (SSSR count). The average Bonchev–Trinajstić information content (AvgIpc) is 2.39. The summed E-state index contributed by atoms with van der Waals surface area (Å²) >= 11 is 1.62. The third-order valence-electron chi connectivity index (χ3n) is 2.50. The Bertz CT molecular complexity index is 571. The molecule has 0 radical (unpaired) electrons. The first-order valence-electron chi connectivity index (χ1n) is 5.45. The van der Waals surface area contributed by atoms with Crippen LogP contribution < -0.4 is 0 Å². The summed E-state index contributed by atoms with van der Waals surface area (Å²) in [5, 5.41) is 11.1. The molecule has 94 valence electrons. The van der Waals surface area contributed by atoms with Crippen molar-refractivity contribution in [2.24, 2.45) is 0 Å². The molecule has 0 aliphatic rings. The Morgan fingerprint density at radius 1 is 1.44 bits per heavy atom. The molecule has 1 N–H and O–H groups in total. The number of rotatable bonds is 4. The van der Waals surface area contributed by atoms with Crippen LogP contribution in [0.3, 0.4) is 0 Å². The smallest absolute Gasteiger partial charge is 0.338 e. The molecule has 0 amide bonds. The molecule has 0 saturated heterocycles. The van der Waals surface area contributed by atoms with Gasteiger partial charge in [0.15, 0.2) is 0 Å². The molecular weight excluding hydrogens is 250 g/mol. The summed E-state index contributed by atoms with van der Waals surface area (Å²) < 4.78 is 5.10. The molecule has 2 aromatic rings. The van der Waals surface area contributed by atoms with Crippen molar-refractivity contribution in [3.05, 3.63) is 36.2 Å². The van der Waals surface area contributed by atoms with E-state index < -0.39 is 0 Å². The maximum absolute atomic E-state index is 11.7. The normalized spacial score (nSPS) is 10.5. The Hall–Kier alpha value is -1.75. The number of thioether (sulfide) groups is 1. The first kappa shape index (κ1) is 12.7. The van der Waals surface area contributed by atoms with Crippen molar-refractivity contribution in [1.29, 1.82) is 0 Å². The van der Waals surface area contributed by atoms with Crippen molar-refractivity contribution in [2.45, 2.75) is 0 Å². The van der Waals surface area contributed by atoms with E-state index in [4.69, 9.17) is 4.74 Å². The van der Waals surface area contributed by atoms with Crippen molar-refractivity contribution in [2.75, 3.05) is 18.6 Å². The lowest BCUT2D eigenvalue weighted by molar-refractivity contribution is 0.0530. The van der Waals surface area contributed by atoms with Crippen LogP contribution in [-0.2, 0) is 4.74 Å². The lowest BCUT2D eigenvalue weighted by Gasteiger charge is -2.05. The number of esters is 1. The summed E-state index contributed by atoms with van der Waals surface area (Å²) in [6, 6.07) is 5.03. The summed E-state index contributed by atoms with van der Waals surface area (Å²) in [5.74, 6) is 0.461. The third-order valence-corrected chi connectivity index (χ3v) is 3.07. The van der Waals surface area contributed by atoms with Gasteiger partial charge in [-0.3, -0.25) is 4.98 Å². The van der Waals surface area contributed by atoms with Gasteiger partial charge < -0.3 is 9.84 Å². The highest BCUT2D eigenvalue weighted by molar-refractivity contribution is 7.98. The van der Waals surface area contributed by atoms with Gasteiger partial charge in [0.1, 0.15) is 12.4 Å². The lowest BCUT2D eigenvalue weighted by Crippen LogP contribution is -2.07. The van der Waals surface area contributed by atoms with Gasteiger partial charge in [-0.25, -0.2) is 4.79 Å². The van der Waals surface area contributed by atoms with Gasteiger partial charge in [-0.2, -0.15) is 11.8 Å². The zero-order chi connectivity index (χ0) is 13.0. The van der Waals surface area contributed by atoms with E-state index in [0.29, 0.717) is 17.6 Å². The summed E-state index contributed by atoms with van der Waals surface area (Å²) in [6.07, 6.45) is 4.94. The van der Waals surface area contributed by atoms with Crippen molar-refractivity contribution in [3.63, 3.8) is 0 Å². The van der Waals surface area contributed by atoms with E-state index >= 15 is 0 Å². The quantitative estimate of drug-likeness (QED) is 0.678. The topological polar surface area (TPSA) is 59.4 Å². The van der Waals surface area contributed by atoms with Crippen molar-refractivity contribution >= 4 is 28.5 Å². The van der Waals surface area contributed by atoms with Gasteiger partial charge in [0, 0.05) is 22.7 Å². The second-order valence-electron chi connectivity index (χ2n) is 3.72. The molecular formula is C13H13NO3S. The van der Waals surface area contributed by atoms with Crippen molar-refractivity contribution in [1.82, 2.24) is 4.98 Å². The van der Waals surface area contributed by atoms with Gasteiger partial charge in [-0.1, -0.05) is 6.07 Å². The standard InChI is InChI=1S/C13H13NO3S/c1-18-5-4-17-13(16)9-2-3-10-7-14-8-12(15)11(10)6-9/h2-3,6-8,15H,4-5H2,1H3. The molecule has 1 aromatic carbocycles. The van der Waals surface area contributed by atoms with Gasteiger partial charge >= 0.3 is 5.97 Å². The Balaban J connectivity index is 2.24. The minimum atomic E-state index is -0.373. The van der Waals surface area contributed by atoms with Gasteiger partial charge in [0.25, 0.3) is 0 Å². The van der Waals surface area contributed by atoms with E-state index in [0.717, 1.165) is 11.1 Å². The average molecular weight is 263 g/mol. The summed E-state index contributed by atoms with van der Waals surface area (Å²) in [5.41, 5.74) is 0.435. The molecule has 0 fully saturated rings. The van der Waals surface area contributed by atoms with E-state index in [-0.39, 0.29) is 11.7 Å². The minimum Gasteiger partial charge on any atom is -0.506 e. The second-order valence-corrected chi connectivity index (χ2v) is 4.71. The molecule has 0 bridgehead atoms. The number of pyridine rings is 1. The van der Waals surface area contributed by atoms with Crippen molar-refractivity contribution < 1.29 is 14.6 Å². The first-order valence-corrected chi connectivity index (χ1v) is 6.84. The Morgan fingerprint density at radius 2 is 2.28 bits per heavy atom. The van der Waals surface area contributed by atoms with Crippen LogP contribution in [0.15, 0.2) is 30.6 Å². The van der Waals surface area contributed by atoms with Gasteiger partial charge in [0.2, 0.25) is 0 Å². The number of aromatic nitrogens is 1. The zero-order valence-electron chi connectivity index (χ0n) is 9.92. The maximum atomic E-state index is 11.7. The number of hydrogen-bond donors (Lipinski definition) is 1. The lowest BCUT2D eigenvalue weighted by atomic mass is 10.1. The molecule has 5 heteroatoms. The van der Waals surface area contributed by atoms with E-state index in [1.54, 1.807) is 36.2 Å². The highest BCUT2D eigenvalue weighted by Crippen LogP contribution is 2.24. The number of carbonyl (C=O) groups is 1. The predicted molar refractivity (Wildman–Crippen MR) is 72.1 cm³/mol. The zero-order valence-corrected chi connectivity index (χ0v) is 10.7. The number of aromatic hydroxyl groups is 1. The summed E-state index contributed by atoms with van der Waals surface area (Å²) in [4.78, 5) is 15.6. The van der Waals surface area contributed by atoms with E-state index in [1.165, 1.54) is 6.20 Å². The molecule has 0 atom stereocenters. The van der Waals surface area contributed by atoms with Crippen LogP contribution in [-0.4, -0.2) is 34.7 Å². The predicted octanol–water partition coefficient (Wildman–Crippen LogP) is 2.46. The Kier molecular flexibility index (Phi) is 4.04. The van der Waals surface area contributed by atoms with Crippen LogP contribution in [0.2, 0.25) is 0 Å². The summed E-state index contributed by atoms with van der Waals surface area (Å²) in [6.45, 7) is 0.389. The number of nitrogens with zero attached hydrogens (tertiary/aromatic N) is 1. The van der Waals surface area contributed by atoms with Crippen LogP contribution in [0, 0.1) is 0 Å². The van der Waals surface area contributed by atoms with E-state index in [2.05, 4.69) is 4.98 Å². The fourth-order valence-corrected chi connectivity index (χ4v) is 1.83. The molecule has 0 spiro atoms. The third kappa shape index (κ3) is 2.73. The fraction of sp³-hybridized carbons (Fsp3) is 0.231. The molecule has 4 nitrogen and oxygen atoms in total. The van der Waals surface area contributed by atoms with Crippen LogP contribution in [0.4, 0.5) is 0 Å². The van der Waals surface area contributed by atoms with Gasteiger partial charge in [0.05, 0.1) is 11.8 Å². The molecule has 1 heterocycles. The largest absolute Gasteiger partial charge is 0.506 e. The number of ether oxygens (including phenoxy) is 1. The molecule has 0 aliphatic heterocycles. The maximum Gasteiger partial charge on any atom is 0.338 e. The number of hydrogen-bond acceptors (Lipinski definition) is 5. The van der Waals surface area contributed by atoms with Crippen LogP contribution in [0.5, 0.6) is 5.75 Å². The minimum absolute atomic E-state index is 0.0614. The number of carbonyl (C=O) groups excluding carboxylic acids is 1. The highest BCUT2D eigenvalue weighted by atomic mass is 32.2. The van der Waals surface area contributed by atoms with E-state index in [9.17, 15) is 9.90 Å². The monoisotopic (exact) mass is 263 g/mol. The number of benzene rings is 1. The molecule has 1 aromatic heterocycles. The van der Waals surface area contributed by atoms with Crippen molar-refractivity contribution in [3.8, 4) is 5.75 Å². The van der Waals surface area contributed by atoms with E-state index in [1.807, 2.05) is 6.26 Å². The number of fused-ring (bicyclic) bond motifs is 1. The summed E-state index contributed by atoms with van der Waals surface area (Å²) in [7, 11) is 0. The van der Waals surface area contributed by atoms with Gasteiger partial charge in [-0.05, 0) is 18.4 Å². The molecule has 0 aliphatic carbocycles. The van der Waals surface area contributed by atoms with Crippen LogP contribution in [0.1, 0.15) is 10.4 Å². The first-order chi connectivity index (χ1) is 8.72. The SMILES string of the molecule is CSCCOC(=O)c1ccc2cncc(O)c2c1. The molecule has 0 unspecified atom stereocenters. The van der Waals surface area contributed by atoms with Crippen LogP contribution in [0.25, 0.3) is 10.8 Å². The molecule has 18 heavy (non-hydrogen) atoms. The highest BCUT2D eigenvalue weighted by Gasteiger charge is 2.09. The van der Waals surface area contributed by atoms with Crippen LogP contribution >= 0.6 is 11.8 Å². The fourth-order valence-electron chi connectivity index (χ4n) is 1.58. The second kappa shape index (κ2) is 5.73.